The second-order valence-electron chi connectivity index (χ2n) is 2.39. The Morgan fingerprint density at radius 1 is 1.43 bits per heavy atom. The van der Waals surface area contributed by atoms with Crippen LogP contribution in [0.1, 0.15) is 19.8 Å². The van der Waals surface area contributed by atoms with Crippen molar-refractivity contribution in [2.75, 3.05) is 0 Å². The van der Waals surface area contributed by atoms with Crippen LogP contribution in [0, 0.1) is 0 Å². The Balaban J connectivity index is 4.64. The van der Waals surface area contributed by atoms with Gasteiger partial charge in [0, 0.05) is 6.42 Å². The van der Waals surface area contributed by atoms with Crippen LogP contribution in [0.25, 0.3) is 0 Å². The third-order valence-corrected chi connectivity index (χ3v) is 2.24. The van der Waals surface area contributed by atoms with Gasteiger partial charge in [-0.3, -0.25) is 4.55 Å². The Labute approximate surface area is 79.1 Å². The van der Waals surface area contributed by atoms with Crippen LogP contribution in [0.3, 0.4) is 0 Å². The molecule has 0 aliphatic carbocycles. The molecule has 14 heavy (non-hydrogen) atoms. The lowest BCUT2D eigenvalue weighted by molar-refractivity contribution is 0.0860. The van der Waals surface area contributed by atoms with Gasteiger partial charge in [-0.05, 0) is 0 Å². The number of ether oxygens (including phenoxy) is 1. The van der Waals surface area contributed by atoms with Crippen LogP contribution < -0.4 is 0 Å². The normalized spacial score (nSPS) is 13.5. The van der Waals surface area contributed by atoms with Crippen molar-refractivity contribution in [1.82, 2.24) is 0 Å². The second-order valence-corrected chi connectivity index (χ2v) is 3.94. The summed E-state index contributed by atoms with van der Waals surface area (Å²) in [6.07, 6.45) is -2.82. The first-order valence-corrected chi connectivity index (χ1v) is 5.13. The van der Waals surface area contributed by atoms with E-state index in [1.165, 1.54) is 6.92 Å². The lowest BCUT2D eigenvalue weighted by atomic mass is 10.4. The van der Waals surface area contributed by atoms with Crippen LogP contribution in [0.2, 0.25) is 0 Å². The van der Waals surface area contributed by atoms with Crippen molar-refractivity contribution >= 4 is 10.1 Å². The first kappa shape index (κ1) is 13.2. The monoisotopic (exact) mass is 234 g/mol. The molecule has 0 amide bonds. The average molecular weight is 234 g/mol. The van der Waals surface area contributed by atoms with Crippen LogP contribution in [0.5, 0.6) is 0 Å². The summed E-state index contributed by atoms with van der Waals surface area (Å²) >= 11 is 0. The van der Waals surface area contributed by atoms with Gasteiger partial charge in [0.25, 0.3) is 0 Å². The van der Waals surface area contributed by atoms with E-state index >= 15 is 0 Å². The van der Waals surface area contributed by atoms with E-state index in [0.717, 1.165) is 0 Å². The van der Waals surface area contributed by atoms with Crippen molar-refractivity contribution in [3.05, 3.63) is 12.1 Å². The number of hydrogen-bond acceptors (Lipinski definition) is 3. The molecule has 0 saturated carbocycles. The zero-order valence-corrected chi connectivity index (χ0v) is 8.02. The summed E-state index contributed by atoms with van der Waals surface area (Å²) in [5, 5.41) is 0. The molecule has 0 heterocycles. The summed E-state index contributed by atoms with van der Waals surface area (Å²) in [7, 11) is -4.69. The maximum absolute atomic E-state index is 12.2. The second kappa shape index (κ2) is 5.20. The Morgan fingerprint density at radius 3 is 2.21 bits per heavy atom. The molecule has 0 bridgehead atoms. The zero-order chi connectivity index (χ0) is 11.4. The van der Waals surface area contributed by atoms with Crippen LogP contribution in [0.15, 0.2) is 12.1 Å². The highest BCUT2D eigenvalue weighted by molar-refractivity contribution is 7.86. The predicted octanol–water partition coefficient (Wildman–Crippen LogP) is 2.05. The summed E-state index contributed by atoms with van der Waals surface area (Å²) in [5.74, 6) is 0. The molecule has 0 aromatic carbocycles. The SMILES string of the molecule is CCCC(OC(F)=C(F)F)S(=O)(=O)O. The topological polar surface area (TPSA) is 63.6 Å². The number of hydrogen-bond donors (Lipinski definition) is 1. The van der Waals surface area contributed by atoms with Crippen molar-refractivity contribution in [3.8, 4) is 0 Å². The summed E-state index contributed by atoms with van der Waals surface area (Å²) < 4.78 is 68.3. The van der Waals surface area contributed by atoms with E-state index in [-0.39, 0.29) is 12.8 Å². The van der Waals surface area contributed by atoms with E-state index in [2.05, 4.69) is 4.74 Å². The highest BCUT2D eigenvalue weighted by Crippen LogP contribution is 2.18. The fourth-order valence-corrected chi connectivity index (χ4v) is 1.40. The molecule has 4 nitrogen and oxygen atoms in total. The predicted molar refractivity (Wildman–Crippen MR) is 41.7 cm³/mol. The van der Waals surface area contributed by atoms with Crippen LogP contribution in [0.4, 0.5) is 13.2 Å². The molecule has 0 aliphatic rings. The Hall–Kier alpha value is -0.760. The molecule has 0 aliphatic heterocycles. The molecule has 0 rings (SSSR count). The number of rotatable bonds is 5. The van der Waals surface area contributed by atoms with E-state index in [1.54, 1.807) is 0 Å². The highest BCUT2D eigenvalue weighted by atomic mass is 32.2. The van der Waals surface area contributed by atoms with E-state index < -0.39 is 27.6 Å². The summed E-state index contributed by atoms with van der Waals surface area (Å²) in [6, 6.07) is -2.29. The fourth-order valence-electron chi connectivity index (χ4n) is 0.664. The average Bonchev–Trinajstić information content (AvgIpc) is 2.01. The standard InChI is InChI=1S/C6H9F3O4S/c1-2-3-4(14(10,11)12)13-6(9)5(7)8/h4H,2-3H2,1H3,(H,10,11,12). The van der Waals surface area contributed by atoms with Crippen molar-refractivity contribution in [3.63, 3.8) is 0 Å². The first-order valence-electron chi connectivity index (χ1n) is 3.62. The molecule has 0 saturated heterocycles. The van der Waals surface area contributed by atoms with E-state index in [1.807, 2.05) is 0 Å². The minimum Gasteiger partial charge on any atom is -0.445 e. The smallest absolute Gasteiger partial charge is 0.342 e. The van der Waals surface area contributed by atoms with Crippen molar-refractivity contribution in [2.24, 2.45) is 0 Å². The minimum absolute atomic E-state index is 0.228. The van der Waals surface area contributed by atoms with Gasteiger partial charge >= 0.3 is 22.2 Å². The Morgan fingerprint density at radius 2 is 1.93 bits per heavy atom. The van der Waals surface area contributed by atoms with Gasteiger partial charge < -0.3 is 4.74 Å². The summed E-state index contributed by atoms with van der Waals surface area (Å²) in [5.41, 5.74) is -1.99. The third-order valence-electron chi connectivity index (χ3n) is 1.24. The molecule has 1 atom stereocenters. The van der Waals surface area contributed by atoms with Gasteiger partial charge in [-0.15, -0.1) is 0 Å². The Bertz CT molecular complexity index is 307. The van der Waals surface area contributed by atoms with Crippen molar-refractivity contribution in [2.45, 2.75) is 25.2 Å². The van der Waals surface area contributed by atoms with E-state index in [0.29, 0.717) is 0 Å². The zero-order valence-electron chi connectivity index (χ0n) is 7.21. The molecule has 1 N–H and O–H groups in total. The molecule has 1 unspecified atom stereocenters. The maximum atomic E-state index is 12.2. The molecule has 84 valence electrons. The quantitative estimate of drug-likeness (QED) is 0.584. The van der Waals surface area contributed by atoms with Gasteiger partial charge in [0.05, 0.1) is 0 Å². The van der Waals surface area contributed by atoms with Gasteiger partial charge in [0.15, 0.2) is 0 Å². The number of halogens is 3. The molecule has 0 radical (unpaired) electrons. The van der Waals surface area contributed by atoms with E-state index in [4.69, 9.17) is 4.55 Å². The molecule has 0 aromatic rings. The molecule has 0 spiro atoms. The maximum Gasteiger partial charge on any atom is 0.342 e. The largest absolute Gasteiger partial charge is 0.445 e. The van der Waals surface area contributed by atoms with Crippen LogP contribution in [-0.4, -0.2) is 18.4 Å². The van der Waals surface area contributed by atoms with Crippen LogP contribution in [-0.2, 0) is 14.9 Å². The highest BCUT2D eigenvalue weighted by Gasteiger charge is 2.26. The fraction of sp³-hybridized carbons (Fsp3) is 0.667. The molecule has 0 fully saturated rings. The molecule has 8 heteroatoms. The molecular weight excluding hydrogens is 225 g/mol. The van der Waals surface area contributed by atoms with Crippen molar-refractivity contribution in [1.29, 1.82) is 0 Å². The first-order chi connectivity index (χ1) is 6.29. The van der Waals surface area contributed by atoms with Gasteiger partial charge in [-0.25, -0.2) is 0 Å². The van der Waals surface area contributed by atoms with Crippen molar-refractivity contribution < 1.29 is 30.9 Å². The van der Waals surface area contributed by atoms with Crippen LogP contribution >= 0.6 is 0 Å². The van der Waals surface area contributed by atoms with Gasteiger partial charge in [-0.1, -0.05) is 13.3 Å². The molecular formula is C6H9F3O4S. The molecule has 0 aromatic heterocycles. The third kappa shape index (κ3) is 4.47. The lowest BCUT2D eigenvalue weighted by Gasteiger charge is -2.12. The lowest BCUT2D eigenvalue weighted by Crippen LogP contribution is -2.23. The van der Waals surface area contributed by atoms with E-state index in [9.17, 15) is 21.6 Å². The van der Waals surface area contributed by atoms with Gasteiger partial charge in [0.2, 0.25) is 5.44 Å². The Kier molecular flexibility index (Phi) is 4.92. The summed E-state index contributed by atoms with van der Waals surface area (Å²) in [4.78, 5) is 0. The van der Waals surface area contributed by atoms with Gasteiger partial charge in [0.1, 0.15) is 0 Å². The summed E-state index contributed by atoms with van der Waals surface area (Å²) in [6.45, 7) is 1.52. The minimum atomic E-state index is -4.69. The van der Waals surface area contributed by atoms with Gasteiger partial charge in [-0.2, -0.15) is 21.6 Å².